The Morgan fingerprint density at radius 2 is 1.74 bits per heavy atom. The van der Waals surface area contributed by atoms with Gasteiger partial charge in [0, 0.05) is 37.8 Å². The van der Waals surface area contributed by atoms with E-state index in [1.165, 1.54) is 22.2 Å². The van der Waals surface area contributed by atoms with Gasteiger partial charge in [0.15, 0.2) is 0 Å². The molecule has 0 amide bonds. The van der Waals surface area contributed by atoms with Gasteiger partial charge < -0.3 is 15.0 Å². The van der Waals surface area contributed by atoms with Crippen molar-refractivity contribution >= 4 is 29.5 Å². The maximum absolute atomic E-state index is 8.00. The fourth-order valence-electron chi connectivity index (χ4n) is 3.00. The molecule has 1 fully saturated rings. The number of piperazine rings is 1. The lowest BCUT2D eigenvalue weighted by molar-refractivity contribution is -0.0979. The Kier molecular flexibility index (Phi) is 8.20. The highest BCUT2D eigenvalue weighted by atomic mass is 16.1. The lowest BCUT2D eigenvalue weighted by atomic mass is 10.1. The number of pyridine rings is 1. The molecule has 1 aliphatic heterocycles. The van der Waals surface area contributed by atoms with Crippen molar-refractivity contribution in [1.29, 1.82) is 0 Å². The molecule has 4 nitrogen and oxygen atoms in total. The molecule has 0 aliphatic carbocycles. The molecule has 1 aliphatic rings. The summed E-state index contributed by atoms with van der Waals surface area (Å²) < 4.78 is 0. The Morgan fingerprint density at radius 1 is 1.04 bits per heavy atom. The molecular formula is C23H27N3O. The van der Waals surface area contributed by atoms with Crippen LogP contribution in [0.25, 0.3) is 17.0 Å². The molecule has 27 heavy (non-hydrogen) atoms. The molecule has 4 heteroatoms. The number of benzene rings is 2. The number of fused-ring (bicyclic) bond motifs is 1. The van der Waals surface area contributed by atoms with Crippen molar-refractivity contribution in [3.05, 3.63) is 78.5 Å². The lowest BCUT2D eigenvalue weighted by Crippen LogP contribution is -2.43. The van der Waals surface area contributed by atoms with Crippen molar-refractivity contribution in [1.82, 2.24) is 10.3 Å². The minimum absolute atomic E-state index is 1.06. The van der Waals surface area contributed by atoms with Crippen LogP contribution in [0, 0.1) is 6.92 Å². The number of hydrogen-bond acceptors (Lipinski definition) is 4. The molecule has 0 saturated carbocycles. The number of hydrogen-bond donors (Lipinski definition) is 1. The van der Waals surface area contributed by atoms with E-state index in [1.807, 2.05) is 49.4 Å². The molecular weight excluding hydrogens is 334 g/mol. The van der Waals surface area contributed by atoms with Crippen LogP contribution in [0.1, 0.15) is 11.1 Å². The van der Waals surface area contributed by atoms with Gasteiger partial charge in [0.1, 0.15) is 6.79 Å². The zero-order valence-electron chi connectivity index (χ0n) is 15.9. The topological polar surface area (TPSA) is 45.2 Å². The van der Waals surface area contributed by atoms with E-state index in [1.54, 1.807) is 0 Å². The second-order valence-corrected chi connectivity index (χ2v) is 6.21. The number of para-hydroxylation sites is 1. The lowest BCUT2D eigenvalue weighted by Gasteiger charge is -2.30. The van der Waals surface area contributed by atoms with Gasteiger partial charge in [-0.1, -0.05) is 55.1 Å². The van der Waals surface area contributed by atoms with E-state index in [0.29, 0.717) is 0 Å². The molecule has 4 rings (SSSR count). The molecule has 3 aromatic rings. The monoisotopic (exact) mass is 361 g/mol. The Hall–Kier alpha value is -2.98. The third kappa shape index (κ3) is 5.76. The molecule has 0 spiro atoms. The van der Waals surface area contributed by atoms with Gasteiger partial charge in [0.2, 0.25) is 0 Å². The minimum Gasteiger partial charge on any atom is -0.367 e. The average molecular weight is 361 g/mol. The van der Waals surface area contributed by atoms with Crippen molar-refractivity contribution in [2.75, 3.05) is 31.1 Å². The zero-order chi connectivity index (χ0) is 19.5. The van der Waals surface area contributed by atoms with Crippen LogP contribution < -0.4 is 10.2 Å². The summed E-state index contributed by atoms with van der Waals surface area (Å²) in [5, 5.41) is 4.62. The average Bonchev–Trinajstić information content (AvgIpc) is 2.76. The molecule has 2 aromatic carbocycles. The quantitative estimate of drug-likeness (QED) is 0.746. The number of aryl methyl sites for hydroxylation is 1. The molecule has 140 valence electrons. The van der Waals surface area contributed by atoms with Gasteiger partial charge in [-0.25, -0.2) is 0 Å². The number of carbonyl (C=O) groups is 1. The molecule has 0 bridgehead atoms. The van der Waals surface area contributed by atoms with E-state index in [4.69, 9.17) is 4.79 Å². The summed E-state index contributed by atoms with van der Waals surface area (Å²) in [4.78, 5) is 15.0. The van der Waals surface area contributed by atoms with Crippen LogP contribution in [0.5, 0.6) is 0 Å². The molecule has 0 atom stereocenters. The van der Waals surface area contributed by atoms with E-state index in [2.05, 4.69) is 53.0 Å². The van der Waals surface area contributed by atoms with Gasteiger partial charge in [-0.05, 0) is 30.2 Å². The van der Waals surface area contributed by atoms with Crippen molar-refractivity contribution in [2.45, 2.75) is 6.92 Å². The summed E-state index contributed by atoms with van der Waals surface area (Å²) >= 11 is 0. The van der Waals surface area contributed by atoms with E-state index in [-0.39, 0.29) is 0 Å². The molecule has 0 unspecified atom stereocenters. The molecule has 0 radical (unpaired) electrons. The highest BCUT2D eigenvalue weighted by molar-refractivity contribution is 5.91. The minimum atomic E-state index is 1.06. The summed E-state index contributed by atoms with van der Waals surface area (Å²) in [6.07, 6.45) is 3.79. The number of carbonyl (C=O) groups excluding carboxylic acids is 1. The fourth-order valence-corrected chi connectivity index (χ4v) is 3.00. The van der Waals surface area contributed by atoms with Gasteiger partial charge in [-0.15, -0.1) is 0 Å². The Bertz CT molecular complexity index is 843. The van der Waals surface area contributed by atoms with Gasteiger partial charge in [-0.3, -0.25) is 4.98 Å². The first-order chi connectivity index (χ1) is 13.3. The van der Waals surface area contributed by atoms with Crippen LogP contribution >= 0.6 is 0 Å². The van der Waals surface area contributed by atoms with Crippen LogP contribution in [0.3, 0.4) is 0 Å². The van der Waals surface area contributed by atoms with E-state index in [0.717, 1.165) is 31.7 Å². The van der Waals surface area contributed by atoms with Gasteiger partial charge in [-0.2, -0.15) is 0 Å². The Balaban J connectivity index is 0.000000220. The van der Waals surface area contributed by atoms with Crippen molar-refractivity contribution in [2.24, 2.45) is 0 Å². The van der Waals surface area contributed by atoms with Crippen LogP contribution in [0.2, 0.25) is 0 Å². The maximum atomic E-state index is 8.00. The van der Waals surface area contributed by atoms with E-state index >= 15 is 0 Å². The zero-order valence-corrected chi connectivity index (χ0v) is 15.9. The Labute approximate surface area is 161 Å². The van der Waals surface area contributed by atoms with Gasteiger partial charge >= 0.3 is 0 Å². The summed E-state index contributed by atoms with van der Waals surface area (Å²) in [5.74, 6) is 0. The number of anilines is 1. The number of rotatable bonds is 2. The second kappa shape index (κ2) is 10.9. The molecule has 1 N–H and O–H groups in total. The fraction of sp³-hybridized carbons (Fsp3) is 0.217. The van der Waals surface area contributed by atoms with Crippen molar-refractivity contribution in [3.8, 4) is 0 Å². The molecule has 1 aromatic heterocycles. The second-order valence-electron chi connectivity index (χ2n) is 6.21. The predicted octanol–water partition coefficient (Wildman–Crippen LogP) is 4.10. The first-order valence-corrected chi connectivity index (χ1v) is 9.05. The Morgan fingerprint density at radius 3 is 2.37 bits per heavy atom. The van der Waals surface area contributed by atoms with Crippen molar-refractivity contribution < 1.29 is 4.79 Å². The third-order valence-electron chi connectivity index (χ3n) is 4.32. The van der Waals surface area contributed by atoms with Crippen LogP contribution in [-0.2, 0) is 4.79 Å². The number of nitrogens with one attached hydrogen (secondary N) is 1. The standard InChI is InChI=1S/C14H17N3.C8H8.CH2O/c1-11-9-12-3-2-4-13(14(12)16-10-11)17-7-5-15-6-8-17;1-2-8-6-4-3-5-7-8;1-2/h2-4,9-10,15H,5-8H2,1H3;2-7H,1H2;1H2. The normalized spacial score (nSPS) is 13.0. The van der Waals surface area contributed by atoms with E-state index < -0.39 is 0 Å². The summed E-state index contributed by atoms with van der Waals surface area (Å²) in [6, 6.07) is 18.7. The largest absolute Gasteiger partial charge is 0.367 e. The predicted molar refractivity (Wildman–Crippen MR) is 115 cm³/mol. The highest BCUT2D eigenvalue weighted by Gasteiger charge is 2.13. The summed E-state index contributed by atoms with van der Waals surface area (Å²) in [5.41, 5.74) is 4.78. The number of nitrogens with zero attached hydrogens (tertiary/aromatic N) is 2. The molecule has 2 heterocycles. The first kappa shape index (κ1) is 20.3. The van der Waals surface area contributed by atoms with Gasteiger partial charge in [0.05, 0.1) is 11.2 Å². The van der Waals surface area contributed by atoms with Gasteiger partial charge in [0.25, 0.3) is 0 Å². The number of aromatic nitrogens is 1. The third-order valence-corrected chi connectivity index (χ3v) is 4.32. The van der Waals surface area contributed by atoms with Crippen LogP contribution in [0.4, 0.5) is 5.69 Å². The summed E-state index contributed by atoms with van der Waals surface area (Å²) in [6.45, 7) is 12.0. The first-order valence-electron chi connectivity index (χ1n) is 9.05. The smallest absolute Gasteiger partial charge is 0.106 e. The highest BCUT2D eigenvalue weighted by Crippen LogP contribution is 2.25. The SMILES string of the molecule is C=Cc1ccccc1.C=O.Cc1cnc2c(N3CCNCC3)cccc2c1. The van der Waals surface area contributed by atoms with Crippen LogP contribution in [-0.4, -0.2) is 38.0 Å². The van der Waals surface area contributed by atoms with Crippen LogP contribution in [0.15, 0.2) is 67.4 Å². The maximum Gasteiger partial charge on any atom is 0.106 e. The summed E-state index contributed by atoms with van der Waals surface area (Å²) in [7, 11) is 0. The molecule has 1 saturated heterocycles. The van der Waals surface area contributed by atoms with Crippen molar-refractivity contribution in [3.63, 3.8) is 0 Å². The van der Waals surface area contributed by atoms with E-state index in [9.17, 15) is 0 Å².